The zero-order chi connectivity index (χ0) is 15.3. The van der Waals surface area contributed by atoms with Crippen molar-refractivity contribution in [3.63, 3.8) is 0 Å². The van der Waals surface area contributed by atoms with Crippen LogP contribution in [0.5, 0.6) is 5.75 Å². The van der Waals surface area contributed by atoms with Crippen LogP contribution < -0.4 is 4.74 Å². The summed E-state index contributed by atoms with van der Waals surface area (Å²) in [6, 6.07) is 15.3. The standard InChI is InChI=1S/C15H16ClNO3S/c1-17(21(18,19)15-5-3-2-4-6-15)11-12-20-14-9-7-13(16)8-10-14/h2-10H,11-12H2,1H3. The van der Waals surface area contributed by atoms with Crippen LogP contribution in [0.25, 0.3) is 0 Å². The van der Waals surface area contributed by atoms with Gasteiger partial charge in [-0.05, 0) is 36.4 Å². The Morgan fingerprint density at radius 1 is 1.05 bits per heavy atom. The second kappa shape index (κ2) is 6.93. The Hall–Kier alpha value is -1.56. The number of rotatable bonds is 6. The van der Waals surface area contributed by atoms with Crippen molar-refractivity contribution >= 4 is 21.6 Å². The Morgan fingerprint density at radius 3 is 2.29 bits per heavy atom. The normalized spacial score (nSPS) is 11.6. The largest absolute Gasteiger partial charge is 0.492 e. The zero-order valence-corrected chi connectivity index (χ0v) is 13.1. The van der Waals surface area contributed by atoms with Gasteiger partial charge in [-0.3, -0.25) is 0 Å². The van der Waals surface area contributed by atoms with E-state index in [1.807, 2.05) is 0 Å². The Balaban J connectivity index is 1.92. The highest BCUT2D eigenvalue weighted by molar-refractivity contribution is 7.89. The molecule has 0 bridgehead atoms. The van der Waals surface area contributed by atoms with Gasteiger partial charge in [-0.15, -0.1) is 0 Å². The third-order valence-electron chi connectivity index (χ3n) is 2.94. The first-order valence-electron chi connectivity index (χ1n) is 6.40. The summed E-state index contributed by atoms with van der Waals surface area (Å²) in [5, 5.41) is 0.631. The van der Waals surface area contributed by atoms with Crippen LogP contribution in [0.3, 0.4) is 0 Å². The van der Waals surface area contributed by atoms with E-state index in [1.165, 1.54) is 11.4 Å². The summed E-state index contributed by atoms with van der Waals surface area (Å²) < 4.78 is 31.3. The summed E-state index contributed by atoms with van der Waals surface area (Å²) in [4.78, 5) is 0.277. The van der Waals surface area contributed by atoms with E-state index >= 15 is 0 Å². The summed E-state index contributed by atoms with van der Waals surface area (Å²) in [7, 11) is -1.93. The molecule has 2 aromatic carbocycles. The number of halogens is 1. The lowest BCUT2D eigenvalue weighted by Crippen LogP contribution is -2.30. The van der Waals surface area contributed by atoms with E-state index in [9.17, 15) is 8.42 Å². The molecule has 0 aliphatic rings. The number of hydrogen-bond acceptors (Lipinski definition) is 3. The SMILES string of the molecule is CN(CCOc1ccc(Cl)cc1)S(=O)(=O)c1ccccc1. The molecule has 0 heterocycles. The first kappa shape index (κ1) is 15.8. The molecule has 0 fully saturated rings. The van der Waals surface area contributed by atoms with Gasteiger partial charge in [-0.1, -0.05) is 29.8 Å². The van der Waals surface area contributed by atoms with Crippen LogP contribution in [0.15, 0.2) is 59.5 Å². The molecule has 0 aromatic heterocycles. The van der Waals surface area contributed by atoms with E-state index < -0.39 is 10.0 Å². The van der Waals surface area contributed by atoms with Gasteiger partial charge in [0.25, 0.3) is 0 Å². The lowest BCUT2D eigenvalue weighted by molar-refractivity contribution is 0.287. The highest BCUT2D eigenvalue weighted by atomic mass is 35.5. The Morgan fingerprint density at radius 2 is 1.67 bits per heavy atom. The van der Waals surface area contributed by atoms with Crippen LogP contribution in [0.4, 0.5) is 0 Å². The minimum atomic E-state index is -3.47. The molecular weight excluding hydrogens is 310 g/mol. The van der Waals surface area contributed by atoms with Crippen molar-refractivity contribution in [2.75, 3.05) is 20.2 Å². The molecule has 6 heteroatoms. The summed E-state index contributed by atoms with van der Waals surface area (Å²) in [6.07, 6.45) is 0. The molecular formula is C15H16ClNO3S. The molecule has 0 unspecified atom stereocenters. The van der Waals surface area contributed by atoms with Crippen molar-refractivity contribution in [2.45, 2.75) is 4.90 Å². The summed E-state index contributed by atoms with van der Waals surface area (Å²) in [5.41, 5.74) is 0. The molecule has 21 heavy (non-hydrogen) atoms. The number of ether oxygens (including phenoxy) is 1. The van der Waals surface area contributed by atoms with Crippen molar-refractivity contribution in [1.29, 1.82) is 0 Å². The van der Waals surface area contributed by atoms with Crippen molar-refractivity contribution in [2.24, 2.45) is 0 Å². The fourth-order valence-corrected chi connectivity index (χ4v) is 3.02. The molecule has 2 rings (SSSR count). The van der Waals surface area contributed by atoms with Gasteiger partial charge in [0, 0.05) is 18.6 Å². The topological polar surface area (TPSA) is 46.6 Å². The van der Waals surface area contributed by atoms with E-state index in [2.05, 4.69) is 0 Å². The minimum absolute atomic E-state index is 0.264. The van der Waals surface area contributed by atoms with Crippen molar-refractivity contribution in [3.8, 4) is 5.75 Å². The maximum Gasteiger partial charge on any atom is 0.242 e. The lowest BCUT2D eigenvalue weighted by Gasteiger charge is -2.17. The number of likely N-dealkylation sites (N-methyl/N-ethyl adjacent to an activating group) is 1. The van der Waals surface area contributed by atoms with E-state index in [-0.39, 0.29) is 18.0 Å². The van der Waals surface area contributed by atoms with E-state index in [1.54, 1.807) is 54.6 Å². The Kier molecular flexibility index (Phi) is 5.22. The van der Waals surface area contributed by atoms with E-state index in [4.69, 9.17) is 16.3 Å². The second-order valence-corrected chi connectivity index (χ2v) is 6.92. The molecule has 0 atom stereocenters. The molecule has 0 N–H and O–H groups in total. The third-order valence-corrected chi connectivity index (χ3v) is 5.06. The fraction of sp³-hybridized carbons (Fsp3) is 0.200. The van der Waals surface area contributed by atoms with Crippen molar-refractivity contribution in [3.05, 3.63) is 59.6 Å². The number of hydrogen-bond donors (Lipinski definition) is 0. The zero-order valence-electron chi connectivity index (χ0n) is 11.6. The van der Waals surface area contributed by atoms with Crippen LogP contribution in [0.2, 0.25) is 5.02 Å². The first-order valence-corrected chi connectivity index (χ1v) is 8.22. The monoisotopic (exact) mass is 325 g/mol. The average molecular weight is 326 g/mol. The molecule has 4 nitrogen and oxygen atoms in total. The molecule has 2 aromatic rings. The Labute approximate surface area is 130 Å². The van der Waals surface area contributed by atoms with Gasteiger partial charge in [-0.2, -0.15) is 4.31 Å². The van der Waals surface area contributed by atoms with Gasteiger partial charge in [0.2, 0.25) is 10.0 Å². The average Bonchev–Trinajstić information content (AvgIpc) is 2.50. The molecule has 0 aliphatic carbocycles. The molecule has 0 saturated carbocycles. The Bertz CT molecular complexity index is 672. The van der Waals surface area contributed by atoms with Gasteiger partial charge in [-0.25, -0.2) is 8.42 Å². The lowest BCUT2D eigenvalue weighted by atomic mass is 10.3. The quantitative estimate of drug-likeness (QED) is 0.820. The second-order valence-electron chi connectivity index (χ2n) is 4.44. The minimum Gasteiger partial charge on any atom is -0.492 e. The predicted octanol–water partition coefficient (Wildman–Crippen LogP) is 3.04. The van der Waals surface area contributed by atoms with Gasteiger partial charge in [0.1, 0.15) is 12.4 Å². The highest BCUT2D eigenvalue weighted by Crippen LogP contribution is 2.16. The van der Waals surface area contributed by atoms with E-state index in [0.717, 1.165) is 0 Å². The van der Waals surface area contributed by atoms with Crippen LogP contribution in [-0.2, 0) is 10.0 Å². The highest BCUT2D eigenvalue weighted by Gasteiger charge is 2.19. The van der Waals surface area contributed by atoms with Crippen LogP contribution in [-0.4, -0.2) is 32.9 Å². The third kappa shape index (κ3) is 4.20. The number of benzene rings is 2. The van der Waals surface area contributed by atoms with Crippen LogP contribution >= 0.6 is 11.6 Å². The van der Waals surface area contributed by atoms with Gasteiger partial charge in [0.15, 0.2) is 0 Å². The molecule has 0 saturated heterocycles. The van der Waals surface area contributed by atoms with Gasteiger partial charge < -0.3 is 4.74 Å². The number of nitrogens with zero attached hydrogens (tertiary/aromatic N) is 1. The molecule has 0 radical (unpaired) electrons. The van der Waals surface area contributed by atoms with Crippen molar-refractivity contribution < 1.29 is 13.2 Å². The first-order chi connectivity index (χ1) is 10.00. The number of sulfonamides is 1. The molecule has 0 spiro atoms. The maximum absolute atomic E-state index is 12.3. The fourth-order valence-electron chi connectivity index (χ4n) is 1.72. The summed E-state index contributed by atoms with van der Waals surface area (Å²) >= 11 is 5.78. The molecule has 0 amide bonds. The molecule has 0 aliphatic heterocycles. The molecule has 112 valence electrons. The van der Waals surface area contributed by atoms with Gasteiger partial charge >= 0.3 is 0 Å². The summed E-state index contributed by atoms with van der Waals surface area (Å²) in [5.74, 6) is 0.657. The van der Waals surface area contributed by atoms with Crippen molar-refractivity contribution in [1.82, 2.24) is 4.31 Å². The summed E-state index contributed by atoms with van der Waals surface area (Å²) in [6.45, 7) is 0.532. The van der Waals surface area contributed by atoms with Crippen LogP contribution in [0.1, 0.15) is 0 Å². The van der Waals surface area contributed by atoms with E-state index in [0.29, 0.717) is 10.8 Å². The smallest absolute Gasteiger partial charge is 0.242 e. The maximum atomic E-state index is 12.3. The van der Waals surface area contributed by atoms with Gasteiger partial charge in [0.05, 0.1) is 4.90 Å². The van der Waals surface area contributed by atoms with Crippen LogP contribution in [0, 0.1) is 0 Å². The predicted molar refractivity (Wildman–Crippen MR) is 83.2 cm³/mol.